The summed E-state index contributed by atoms with van der Waals surface area (Å²) in [5.41, 5.74) is 0. The number of hydrogen-bond acceptors (Lipinski definition) is 19. The molecule has 2 rings (SSSR count). The van der Waals surface area contributed by atoms with E-state index in [1.54, 1.807) is 0 Å². The second-order valence-corrected chi connectivity index (χ2v) is 11.5. The van der Waals surface area contributed by atoms with Gasteiger partial charge in [0, 0.05) is 14.1 Å². The van der Waals surface area contributed by atoms with Gasteiger partial charge in [0.15, 0.2) is 6.10 Å². The lowest BCUT2D eigenvalue weighted by molar-refractivity contribution is -0.188. The maximum atomic E-state index is 12.8. The Morgan fingerprint density at radius 2 is 0.941 bits per heavy atom. The highest BCUT2D eigenvalue weighted by Gasteiger charge is 2.50. The number of hydroxylamine groups is 4. The molecule has 1 unspecified atom stereocenters. The maximum absolute atomic E-state index is 12.8. The molecule has 25 nitrogen and oxygen atoms in total. The largest absolute Gasteiger partial charge is 0.394 e. The summed E-state index contributed by atoms with van der Waals surface area (Å²) in [6, 6.07) is -5.67. The van der Waals surface area contributed by atoms with E-state index in [4.69, 9.17) is 20.5 Å². The van der Waals surface area contributed by atoms with Gasteiger partial charge in [-0.25, -0.2) is 9.59 Å². The van der Waals surface area contributed by atoms with Crippen molar-refractivity contribution >= 4 is 35.7 Å². The first-order valence-electron chi connectivity index (χ1n) is 15.2. The van der Waals surface area contributed by atoms with Crippen molar-refractivity contribution in [2.24, 2.45) is 0 Å². The van der Waals surface area contributed by atoms with Crippen molar-refractivity contribution < 1.29 is 85.0 Å². The zero-order valence-electron chi connectivity index (χ0n) is 27.5. The van der Waals surface area contributed by atoms with Crippen LogP contribution < -0.4 is 10.6 Å². The van der Waals surface area contributed by atoms with Crippen LogP contribution >= 0.6 is 0 Å². The first-order chi connectivity index (χ1) is 23.9. The summed E-state index contributed by atoms with van der Waals surface area (Å²) in [5.74, 6) is -6.12. The van der Waals surface area contributed by atoms with Crippen LogP contribution in [0.2, 0.25) is 0 Å². The van der Waals surface area contributed by atoms with Gasteiger partial charge in [0.05, 0.1) is 70.1 Å². The molecule has 0 saturated carbocycles. The SMILES string of the molecule is CN(OC(=O)CC(O)C(=O)ON(C)C(=N)NCC(=O)N1[C@H](CO)[C@H](O)[C@H](O)[C@H](O)[C@H]1CO)C(=N)NCC(=O)N1[C@H](CO)[C@H](O)[C@H](O)[C@H](O)[C@H]1CO. The lowest BCUT2D eigenvalue weighted by atomic mass is 9.88. The molecule has 2 aliphatic heterocycles. The zero-order valence-corrected chi connectivity index (χ0v) is 27.5. The standard InChI is InChI=1S/C26H46N8O17/c1-31(25(27)29-4-15(40)33-10(6-35)18(43)22(47)19(44)11(33)7-36)50-17(42)3-14(39)24(49)51-32(2)26(28)30-5-16(41)34-12(8-37)20(45)23(48)21(46)13(34)9-38/h10-14,18-23,35-39,43-48H,3-9H2,1-2H3,(H2,27,29)(H2,28,30)/t10-,11-,12-,13-,14?,18-,19+,20-,21+,22-,23-/m1/s1. The Bertz CT molecular complexity index is 1210. The normalized spacial score (nSPS) is 29.7. The van der Waals surface area contributed by atoms with Crippen molar-refractivity contribution in [3.8, 4) is 0 Å². The van der Waals surface area contributed by atoms with E-state index in [1.165, 1.54) is 0 Å². The number of aliphatic hydroxyl groups excluding tert-OH is 11. The van der Waals surface area contributed by atoms with E-state index in [9.17, 15) is 75.3 Å². The highest BCUT2D eigenvalue weighted by atomic mass is 16.7. The molecule has 25 heteroatoms. The number of rotatable bonds is 11. The lowest BCUT2D eigenvalue weighted by Crippen LogP contribution is -2.70. The van der Waals surface area contributed by atoms with E-state index in [2.05, 4.69) is 10.6 Å². The van der Waals surface area contributed by atoms with Gasteiger partial charge >= 0.3 is 11.9 Å². The molecule has 0 radical (unpaired) electrons. The zero-order chi connectivity index (χ0) is 38.9. The summed E-state index contributed by atoms with van der Waals surface area (Å²) in [6.07, 6.45) is -13.8. The van der Waals surface area contributed by atoms with Crippen LogP contribution in [0.25, 0.3) is 0 Å². The number of amides is 2. The van der Waals surface area contributed by atoms with Crippen LogP contribution in [0.15, 0.2) is 0 Å². The van der Waals surface area contributed by atoms with Crippen molar-refractivity contribution in [3.63, 3.8) is 0 Å². The van der Waals surface area contributed by atoms with Gasteiger partial charge in [-0.2, -0.15) is 10.1 Å². The molecule has 0 aliphatic carbocycles. The molecule has 2 fully saturated rings. The van der Waals surface area contributed by atoms with Crippen LogP contribution in [-0.2, 0) is 28.9 Å². The van der Waals surface area contributed by atoms with Gasteiger partial charge in [-0.3, -0.25) is 20.4 Å². The van der Waals surface area contributed by atoms with Crippen molar-refractivity contribution in [2.45, 2.75) is 73.3 Å². The molecule has 0 spiro atoms. The highest BCUT2D eigenvalue weighted by Crippen LogP contribution is 2.26. The van der Waals surface area contributed by atoms with E-state index in [0.717, 1.165) is 23.9 Å². The minimum atomic E-state index is -2.18. The second-order valence-electron chi connectivity index (χ2n) is 11.5. The van der Waals surface area contributed by atoms with Crippen LogP contribution in [0, 0.1) is 10.8 Å². The van der Waals surface area contributed by atoms with Crippen LogP contribution in [-0.4, -0.2) is 232 Å². The predicted molar refractivity (Wildman–Crippen MR) is 163 cm³/mol. The number of hydrogen-bond donors (Lipinski definition) is 15. The molecule has 292 valence electrons. The number of likely N-dealkylation sites (tertiary alicyclic amines) is 2. The minimum Gasteiger partial charge on any atom is -0.394 e. The Hall–Kier alpha value is -4.02. The molecular formula is C26H46N8O17. The summed E-state index contributed by atoms with van der Waals surface area (Å²) in [7, 11) is 2.03. The van der Waals surface area contributed by atoms with Crippen LogP contribution in [0.1, 0.15) is 6.42 Å². The average Bonchev–Trinajstić information content (AvgIpc) is 3.09. The van der Waals surface area contributed by atoms with Gasteiger partial charge in [0.2, 0.25) is 23.7 Å². The Balaban J connectivity index is 1.85. The number of aliphatic hydroxyl groups is 11. The van der Waals surface area contributed by atoms with Crippen molar-refractivity contribution in [1.29, 1.82) is 10.8 Å². The summed E-state index contributed by atoms with van der Waals surface area (Å²) >= 11 is 0. The molecule has 0 bridgehead atoms. The Morgan fingerprint density at radius 3 is 1.25 bits per heavy atom. The Morgan fingerprint density at radius 1 is 0.627 bits per heavy atom. The van der Waals surface area contributed by atoms with Gasteiger partial charge in [-0.1, -0.05) is 0 Å². The lowest BCUT2D eigenvalue weighted by Gasteiger charge is -2.48. The fourth-order valence-corrected chi connectivity index (χ4v) is 5.43. The third-order valence-corrected chi connectivity index (χ3v) is 8.27. The topological polar surface area (TPSA) is 394 Å². The number of guanidine groups is 2. The number of piperidine rings is 2. The van der Waals surface area contributed by atoms with Gasteiger partial charge in [0.25, 0.3) is 0 Å². The van der Waals surface area contributed by atoms with Gasteiger partial charge in [0.1, 0.15) is 36.6 Å². The molecule has 0 aromatic rings. The van der Waals surface area contributed by atoms with E-state index in [1.807, 2.05) is 0 Å². The molecular weight excluding hydrogens is 696 g/mol. The summed E-state index contributed by atoms with van der Waals surface area (Å²) in [4.78, 5) is 61.3. The van der Waals surface area contributed by atoms with Gasteiger partial charge in [-0.05, 0) is 0 Å². The molecule has 2 aliphatic rings. The van der Waals surface area contributed by atoms with Crippen molar-refractivity contribution in [1.82, 2.24) is 30.6 Å². The maximum Gasteiger partial charge on any atom is 0.361 e. The molecule has 11 atom stereocenters. The molecule has 15 N–H and O–H groups in total. The number of carbonyl (C=O) groups excluding carboxylic acids is 4. The molecule has 0 aromatic heterocycles. The van der Waals surface area contributed by atoms with E-state index in [-0.39, 0.29) is 0 Å². The van der Waals surface area contributed by atoms with Gasteiger partial charge < -0.3 is 86.3 Å². The van der Waals surface area contributed by atoms with E-state index >= 15 is 0 Å². The Kier molecular flexibility index (Phi) is 16.1. The molecule has 51 heavy (non-hydrogen) atoms. The van der Waals surface area contributed by atoms with Crippen molar-refractivity contribution in [2.75, 3.05) is 53.6 Å². The average molecular weight is 743 g/mol. The molecule has 2 heterocycles. The van der Waals surface area contributed by atoms with Crippen molar-refractivity contribution in [3.05, 3.63) is 0 Å². The van der Waals surface area contributed by atoms with E-state index < -0.39 is 149 Å². The quantitative estimate of drug-likeness (QED) is 0.0531. The van der Waals surface area contributed by atoms with Crippen LogP contribution in [0.3, 0.4) is 0 Å². The highest BCUT2D eigenvalue weighted by molar-refractivity contribution is 5.88. The van der Waals surface area contributed by atoms with Crippen LogP contribution in [0.4, 0.5) is 0 Å². The molecule has 0 aromatic carbocycles. The fraction of sp³-hybridized carbons (Fsp3) is 0.769. The predicted octanol–water partition coefficient (Wildman–Crippen LogP) is -10.1. The monoisotopic (exact) mass is 742 g/mol. The third-order valence-electron chi connectivity index (χ3n) is 8.27. The first kappa shape index (κ1) is 43.1. The molecule has 2 amide bonds. The first-order valence-corrected chi connectivity index (χ1v) is 15.2. The van der Waals surface area contributed by atoms with Crippen LogP contribution in [0.5, 0.6) is 0 Å². The Labute approximate surface area is 289 Å². The van der Waals surface area contributed by atoms with E-state index in [0.29, 0.717) is 10.1 Å². The summed E-state index contributed by atoms with van der Waals surface area (Å²) < 4.78 is 0. The summed E-state index contributed by atoms with van der Waals surface area (Å²) in [6.45, 7) is -4.90. The third kappa shape index (κ3) is 10.1. The fourth-order valence-electron chi connectivity index (χ4n) is 5.43. The molecule has 2 saturated heterocycles. The number of carbonyl (C=O) groups is 4. The second kappa shape index (κ2) is 19.0. The smallest absolute Gasteiger partial charge is 0.361 e. The number of nitrogens with zero attached hydrogens (tertiary/aromatic N) is 4. The van der Waals surface area contributed by atoms with Gasteiger partial charge in [-0.15, -0.1) is 0 Å². The minimum absolute atomic E-state index is 0.452. The number of nitrogens with one attached hydrogen (secondary N) is 4. The summed E-state index contributed by atoms with van der Waals surface area (Å²) in [5, 5.41) is 130.